The molecule has 0 aromatic heterocycles. The van der Waals surface area contributed by atoms with Gasteiger partial charge in [-0.1, -0.05) is 91.0 Å². The van der Waals surface area contributed by atoms with E-state index in [4.69, 9.17) is 52.1 Å². The summed E-state index contributed by atoms with van der Waals surface area (Å²) in [6.45, 7) is 4.56. The Kier molecular flexibility index (Phi) is 16.5. The number of rotatable bonds is 18. The van der Waals surface area contributed by atoms with Gasteiger partial charge >= 0.3 is 23.9 Å². The normalized spacial score (nSPS) is 27.2. The highest BCUT2D eigenvalue weighted by atomic mass is 16.8. The molecule has 15 heteroatoms. The predicted octanol–water partition coefficient (Wildman–Crippen LogP) is 4.21. The van der Waals surface area contributed by atoms with E-state index in [1.54, 1.807) is 0 Å². The number of hydrogen-bond donors (Lipinski definition) is 0. The van der Waals surface area contributed by atoms with E-state index in [2.05, 4.69) is 0 Å². The first-order valence-electron chi connectivity index (χ1n) is 18.6. The molecule has 0 saturated carbocycles. The minimum atomic E-state index is -1.39. The third kappa shape index (κ3) is 12.9. The van der Waals surface area contributed by atoms with Crippen LogP contribution in [0, 0.1) is 0 Å². The van der Waals surface area contributed by atoms with Gasteiger partial charge in [0.15, 0.2) is 24.8 Å². The van der Waals surface area contributed by atoms with Crippen LogP contribution in [0.3, 0.4) is 0 Å². The number of benzene rings is 3. The molecule has 2 aliphatic rings. The Balaban J connectivity index is 1.60. The maximum atomic E-state index is 12.6. The molecule has 15 nitrogen and oxygen atoms in total. The van der Waals surface area contributed by atoms with Gasteiger partial charge in [-0.15, -0.1) is 0 Å². The average molecular weight is 795 g/mol. The fraction of sp³-hybridized carbons (Fsp3) is 0.476. The summed E-state index contributed by atoms with van der Waals surface area (Å²) >= 11 is 0. The highest BCUT2D eigenvalue weighted by Crippen LogP contribution is 2.36. The molecule has 308 valence electrons. The van der Waals surface area contributed by atoms with E-state index in [0.29, 0.717) is 0 Å². The largest absolute Gasteiger partial charge is 0.463 e. The van der Waals surface area contributed by atoms with E-state index in [9.17, 15) is 19.2 Å². The van der Waals surface area contributed by atoms with Gasteiger partial charge in [0.05, 0.1) is 19.8 Å². The summed E-state index contributed by atoms with van der Waals surface area (Å²) < 4.78 is 67.3. The van der Waals surface area contributed by atoms with Crippen LogP contribution in [0.4, 0.5) is 0 Å². The molecule has 2 saturated heterocycles. The van der Waals surface area contributed by atoms with E-state index in [0.717, 1.165) is 16.7 Å². The molecule has 57 heavy (non-hydrogen) atoms. The van der Waals surface area contributed by atoms with Crippen LogP contribution in [0.2, 0.25) is 0 Å². The van der Waals surface area contributed by atoms with Crippen molar-refractivity contribution < 1.29 is 71.3 Å². The Morgan fingerprint density at radius 2 is 0.877 bits per heavy atom. The monoisotopic (exact) mass is 794 g/mol. The van der Waals surface area contributed by atoms with E-state index >= 15 is 0 Å². The lowest BCUT2D eigenvalue weighted by molar-refractivity contribution is -0.369. The van der Waals surface area contributed by atoms with E-state index in [1.807, 2.05) is 91.0 Å². The van der Waals surface area contributed by atoms with Crippen LogP contribution in [0.5, 0.6) is 0 Å². The Morgan fingerprint density at radius 3 is 1.32 bits per heavy atom. The van der Waals surface area contributed by atoms with Crippen molar-refractivity contribution in [2.75, 3.05) is 20.3 Å². The molecule has 3 aromatic rings. The second-order valence-corrected chi connectivity index (χ2v) is 13.5. The molecule has 0 unspecified atom stereocenters. The zero-order chi connectivity index (χ0) is 40.7. The number of hydrogen-bond acceptors (Lipinski definition) is 15. The molecule has 2 heterocycles. The minimum absolute atomic E-state index is 0.0737. The molecule has 10 atom stereocenters. The van der Waals surface area contributed by atoms with Crippen LogP contribution in [0.15, 0.2) is 91.0 Å². The van der Waals surface area contributed by atoms with Gasteiger partial charge < -0.3 is 52.1 Å². The highest BCUT2D eigenvalue weighted by molar-refractivity contribution is 5.67. The second-order valence-electron chi connectivity index (χ2n) is 13.5. The Bertz CT molecular complexity index is 1710. The van der Waals surface area contributed by atoms with Crippen molar-refractivity contribution >= 4 is 23.9 Å². The number of methoxy groups -OCH3 is 1. The predicted molar refractivity (Wildman–Crippen MR) is 199 cm³/mol. The van der Waals surface area contributed by atoms with Crippen molar-refractivity contribution in [3.63, 3.8) is 0 Å². The quantitative estimate of drug-likeness (QED) is 0.132. The van der Waals surface area contributed by atoms with Crippen molar-refractivity contribution in [3.05, 3.63) is 108 Å². The van der Waals surface area contributed by atoms with Crippen molar-refractivity contribution in [2.45, 2.75) is 109 Å². The molecular weight excluding hydrogens is 744 g/mol. The molecule has 0 aliphatic carbocycles. The number of carbonyl (C=O) groups is 4. The molecule has 0 amide bonds. The molecule has 0 radical (unpaired) electrons. The summed E-state index contributed by atoms with van der Waals surface area (Å²) in [5, 5.41) is 0. The average Bonchev–Trinajstić information content (AvgIpc) is 3.19. The summed E-state index contributed by atoms with van der Waals surface area (Å²) in [7, 11) is 1.33. The number of esters is 4. The number of carbonyl (C=O) groups excluding carboxylic acids is 4. The molecular formula is C42H50O15. The zero-order valence-corrected chi connectivity index (χ0v) is 32.6. The Hall–Kier alpha value is -4.74. The molecule has 2 aliphatic heterocycles. The van der Waals surface area contributed by atoms with Crippen LogP contribution in [-0.2, 0) is 91.1 Å². The third-order valence-electron chi connectivity index (χ3n) is 9.07. The smallest absolute Gasteiger partial charge is 0.303 e. The van der Waals surface area contributed by atoms with Crippen molar-refractivity contribution in [2.24, 2.45) is 0 Å². The molecule has 0 spiro atoms. The highest BCUT2D eigenvalue weighted by Gasteiger charge is 2.56. The van der Waals surface area contributed by atoms with Crippen molar-refractivity contribution in [1.82, 2.24) is 0 Å². The van der Waals surface area contributed by atoms with Crippen molar-refractivity contribution in [1.29, 1.82) is 0 Å². The first-order chi connectivity index (χ1) is 27.5. The second kappa shape index (κ2) is 21.7. The SMILES string of the molecule is CO[C@H]1O[C@H](COC(C)=O)[C@@H](OC(C)=O)[C@H](O[C@@H]2O[C@H](COC(C)=O)[C@@H](OCc3ccccc3)[C@H](OCc3ccccc3)[C@@H]2OCc2ccccc2)[C@@H]1OC(C)=O. The van der Waals surface area contributed by atoms with Crippen LogP contribution >= 0.6 is 0 Å². The van der Waals surface area contributed by atoms with Gasteiger partial charge in [-0.25, -0.2) is 0 Å². The molecule has 2 fully saturated rings. The first-order valence-corrected chi connectivity index (χ1v) is 18.6. The minimum Gasteiger partial charge on any atom is -0.463 e. The first kappa shape index (κ1) is 43.4. The maximum absolute atomic E-state index is 12.6. The van der Waals surface area contributed by atoms with Crippen molar-refractivity contribution in [3.8, 4) is 0 Å². The van der Waals surface area contributed by atoms with Gasteiger partial charge in [-0.3, -0.25) is 19.2 Å². The van der Waals surface area contributed by atoms with Gasteiger partial charge in [0, 0.05) is 34.8 Å². The van der Waals surface area contributed by atoms with Gasteiger partial charge in [-0.05, 0) is 16.7 Å². The molecule has 0 N–H and O–H groups in total. The summed E-state index contributed by atoms with van der Waals surface area (Å²) in [6, 6.07) is 28.4. The summed E-state index contributed by atoms with van der Waals surface area (Å²) in [4.78, 5) is 49.3. The molecule has 0 bridgehead atoms. The fourth-order valence-corrected chi connectivity index (χ4v) is 6.55. The van der Waals surface area contributed by atoms with Gasteiger partial charge in [-0.2, -0.15) is 0 Å². The lowest BCUT2D eigenvalue weighted by Crippen LogP contribution is -2.67. The van der Waals surface area contributed by atoms with Crippen LogP contribution in [0.1, 0.15) is 44.4 Å². The van der Waals surface area contributed by atoms with E-state index in [1.165, 1.54) is 34.8 Å². The molecule has 5 rings (SSSR count). The van der Waals surface area contributed by atoms with Crippen LogP contribution in [-0.4, -0.2) is 106 Å². The topological polar surface area (TPSA) is 170 Å². The Labute approximate surface area is 331 Å². The lowest BCUT2D eigenvalue weighted by Gasteiger charge is -2.49. The van der Waals surface area contributed by atoms with E-state index in [-0.39, 0.29) is 33.0 Å². The molecule has 3 aromatic carbocycles. The Morgan fingerprint density at radius 1 is 0.474 bits per heavy atom. The van der Waals surface area contributed by atoms with Crippen LogP contribution < -0.4 is 0 Å². The summed E-state index contributed by atoms with van der Waals surface area (Å²) in [5.41, 5.74) is 2.54. The lowest BCUT2D eigenvalue weighted by atomic mass is 9.95. The summed E-state index contributed by atoms with van der Waals surface area (Å²) in [5.74, 6) is -2.62. The number of ether oxygens (including phenoxy) is 11. The van der Waals surface area contributed by atoms with E-state index < -0.39 is 85.3 Å². The van der Waals surface area contributed by atoms with Gasteiger partial charge in [0.25, 0.3) is 0 Å². The van der Waals surface area contributed by atoms with Gasteiger partial charge in [0.2, 0.25) is 0 Å². The standard InChI is InChI=1S/C42H50O15/c1-26(43)48-24-33-35(50-21-30-15-9-6-10-16-30)37(51-22-31-17-11-7-12-18-31)39(52-23-32-19-13-8-14-20-32)42(56-33)57-38-36(53-28(3)45)34(25-49-27(2)44)55-41(47-5)40(38)54-29(4)46/h6-20,33-42H,21-25H2,1-5H3/t33-,34-,35-,36-,37+,38+,39+,40+,41+,42+/m1/s1. The zero-order valence-electron chi connectivity index (χ0n) is 32.6. The fourth-order valence-electron chi connectivity index (χ4n) is 6.55. The van der Waals surface area contributed by atoms with Crippen LogP contribution in [0.25, 0.3) is 0 Å². The maximum Gasteiger partial charge on any atom is 0.303 e. The van der Waals surface area contributed by atoms with Gasteiger partial charge in [0.1, 0.15) is 49.8 Å². The third-order valence-corrected chi connectivity index (χ3v) is 9.07. The summed E-state index contributed by atoms with van der Waals surface area (Å²) in [6.07, 6.45) is -11.8.